The number of hydrogen-bond acceptors (Lipinski definition) is 6. The van der Waals surface area contributed by atoms with Crippen LogP contribution in [0.4, 0.5) is 0 Å². The molecule has 8 nitrogen and oxygen atoms in total. The topological polar surface area (TPSA) is 91.3 Å². The zero-order valence-electron chi connectivity index (χ0n) is 16.5. The largest absolute Gasteiger partial charge is 0.466 e. The molecule has 1 atom stereocenters. The summed E-state index contributed by atoms with van der Waals surface area (Å²) < 4.78 is 31.7. The molecule has 160 valence electrons. The number of rotatable bonds is 7. The number of thiophene rings is 1. The van der Waals surface area contributed by atoms with Gasteiger partial charge in [-0.05, 0) is 31.2 Å². The van der Waals surface area contributed by atoms with Crippen molar-refractivity contribution in [2.24, 2.45) is 10.9 Å². The van der Waals surface area contributed by atoms with Gasteiger partial charge in [0.1, 0.15) is 4.21 Å². The number of hydrogen-bond donors (Lipinski definition) is 1. The van der Waals surface area contributed by atoms with Crippen LogP contribution in [0, 0.1) is 5.92 Å². The van der Waals surface area contributed by atoms with E-state index < -0.39 is 10.0 Å². The summed E-state index contributed by atoms with van der Waals surface area (Å²) in [7, 11) is -0.205. The molecule has 0 unspecified atom stereocenters. The van der Waals surface area contributed by atoms with Crippen LogP contribution < -0.4 is 5.32 Å². The highest BCUT2D eigenvalue weighted by Crippen LogP contribution is 2.20. The van der Waals surface area contributed by atoms with Gasteiger partial charge in [-0.2, -0.15) is 4.31 Å². The lowest BCUT2D eigenvalue weighted by atomic mass is 9.98. The molecule has 1 fully saturated rings. The Morgan fingerprint density at radius 3 is 2.86 bits per heavy atom. The van der Waals surface area contributed by atoms with E-state index in [-0.39, 0.29) is 35.9 Å². The number of likely N-dealkylation sites (N-methyl/N-ethyl adjacent to an activating group) is 1. The molecule has 0 radical (unpaired) electrons. The average molecular weight is 544 g/mol. The van der Waals surface area contributed by atoms with Crippen LogP contribution in [-0.2, 0) is 19.6 Å². The van der Waals surface area contributed by atoms with Crippen molar-refractivity contribution >= 4 is 57.3 Å². The van der Waals surface area contributed by atoms with Crippen molar-refractivity contribution in [1.82, 2.24) is 14.5 Å². The standard InChI is InChI=1S/C17H28N4O4S2.HI/c1-4-25-16(22)14-7-5-10-21(13-14)17(18-2)19-9-11-20(3)27(23,24)15-8-6-12-26-15;/h6,8,12,14H,4-5,7,9-11,13H2,1-3H3,(H,18,19);1H/t14-;/m1./s1. The molecule has 1 aliphatic rings. The lowest BCUT2D eigenvalue weighted by Gasteiger charge is -2.34. The lowest BCUT2D eigenvalue weighted by molar-refractivity contribution is -0.149. The molecule has 28 heavy (non-hydrogen) atoms. The molecule has 1 aliphatic heterocycles. The van der Waals surface area contributed by atoms with Crippen molar-refractivity contribution in [3.63, 3.8) is 0 Å². The van der Waals surface area contributed by atoms with E-state index in [4.69, 9.17) is 4.74 Å². The second-order valence-electron chi connectivity index (χ2n) is 6.27. The lowest BCUT2D eigenvalue weighted by Crippen LogP contribution is -2.49. The minimum absolute atomic E-state index is 0. The Hall–Kier alpha value is -0.920. The molecular formula is C17H29IN4O4S2. The summed E-state index contributed by atoms with van der Waals surface area (Å²) in [5, 5.41) is 4.95. The second-order valence-corrected chi connectivity index (χ2v) is 9.49. The van der Waals surface area contributed by atoms with Gasteiger partial charge < -0.3 is 15.0 Å². The maximum Gasteiger partial charge on any atom is 0.310 e. The summed E-state index contributed by atoms with van der Waals surface area (Å²) in [6, 6.07) is 3.33. The van der Waals surface area contributed by atoms with Crippen molar-refractivity contribution in [2.75, 3.05) is 46.9 Å². The maximum atomic E-state index is 12.4. The summed E-state index contributed by atoms with van der Waals surface area (Å²) in [5.41, 5.74) is 0. The first-order valence-corrected chi connectivity index (χ1v) is 11.3. The number of nitrogens with zero attached hydrogens (tertiary/aromatic N) is 3. The second kappa shape index (κ2) is 11.9. The summed E-state index contributed by atoms with van der Waals surface area (Å²) >= 11 is 1.21. The highest BCUT2D eigenvalue weighted by atomic mass is 127. The Balaban J connectivity index is 0.00000392. The predicted octanol–water partition coefficient (Wildman–Crippen LogP) is 1.84. The van der Waals surface area contributed by atoms with Crippen LogP contribution in [0.2, 0.25) is 0 Å². The molecule has 0 aliphatic carbocycles. The van der Waals surface area contributed by atoms with Crippen molar-refractivity contribution < 1.29 is 17.9 Å². The number of carbonyl (C=O) groups is 1. The van der Waals surface area contributed by atoms with E-state index in [1.807, 2.05) is 4.90 Å². The highest BCUT2D eigenvalue weighted by Gasteiger charge is 2.28. The molecule has 0 spiro atoms. The van der Waals surface area contributed by atoms with Crippen molar-refractivity contribution in [3.05, 3.63) is 17.5 Å². The third kappa shape index (κ3) is 6.56. The van der Waals surface area contributed by atoms with Gasteiger partial charge in [-0.1, -0.05) is 6.07 Å². The summed E-state index contributed by atoms with van der Waals surface area (Å²) in [6.07, 6.45) is 1.70. The van der Waals surface area contributed by atoms with Gasteiger partial charge in [-0.3, -0.25) is 9.79 Å². The highest BCUT2D eigenvalue weighted by molar-refractivity contribution is 14.0. The van der Waals surface area contributed by atoms with E-state index in [0.717, 1.165) is 19.4 Å². The van der Waals surface area contributed by atoms with Crippen LogP contribution in [0.5, 0.6) is 0 Å². The van der Waals surface area contributed by atoms with Gasteiger partial charge in [0.15, 0.2) is 5.96 Å². The molecule has 2 rings (SSSR count). The fourth-order valence-corrected chi connectivity index (χ4v) is 5.34. The minimum atomic E-state index is -3.45. The first kappa shape index (κ1) is 25.1. The van der Waals surface area contributed by atoms with Crippen LogP contribution >= 0.6 is 35.3 Å². The molecule has 1 aromatic heterocycles. The van der Waals surface area contributed by atoms with E-state index in [1.54, 1.807) is 38.5 Å². The first-order chi connectivity index (χ1) is 12.9. The summed E-state index contributed by atoms with van der Waals surface area (Å²) in [4.78, 5) is 18.3. The van der Waals surface area contributed by atoms with Crippen molar-refractivity contribution in [1.29, 1.82) is 0 Å². The zero-order valence-corrected chi connectivity index (χ0v) is 20.4. The molecule has 2 heterocycles. The molecule has 1 N–H and O–H groups in total. The molecule has 0 bridgehead atoms. The third-order valence-corrected chi connectivity index (χ3v) is 7.65. The predicted molar refractivity (Wildman–Crippen MR) is 122 cm³/mol. The first-order valence-electron chi connectivity index (χ1n) is 9.02. The molecule has 0 aromatic carbocycles. The number of halogens is 1. The number of esters is 1. The number of piperidine rings is 1. The van der Waals surface area contributed by atoms with Crippen molar-refractivity contribution in [2.45, 2.75) is 24.0 Å². The molecule has 0 saturated carbocycles. The fourth-order valence-electron chi connectivity index (χ4n) is 2.96. The van der Waals surface area contributed by atoms with Gasteiger partial charge in [0, 0.05) is 40.3 Å². The fraction of sp³-hybridized carbons (Fsp3) is 0.647. The van der Waals surface area contributed by atoms with E-state index in [0.29, 0.717) is 36.4 Å². The van der Waals surface area contributed by atoms with Crippen LogP contribution in [0.15, 0.2) is 26.7 Å². The van der Waals surface area contributed by atoms with Crippen LogP contribution in [0.25, 0.3) is 0 Å². The number of carbonyl (C=O) groups excluding carboxylic acids is 1. The Kier molecular flexibility index (Phi) is 10.7. The maximum absolute atomic E-state index is 12.4. The number of aliphatic imine (C=N–C) groups is 1. The van der Waals surface area contributed by atoms with Gasteiger partial charge >= 0.3 is 5.97 Å². The molecular weight excluding hydrogens is 515 g/mol. The van der Waals surface area contributed by atoms with Crippen LogP contribution in [-0.4, -0.2) is 76.4 Å². The Morgan fingerprint density at radius 1 is 1.50 bits per heavy atom. The number of nitrogens with one attached hydrogen (secondary N) is 1. The number of sulfonamides is 1. The van der Waals surface area contributed by atoms with E-state index in [1.165, 1.54) is 15.6 Å². The monoisotopic (exact) mass is 544 g/mol. The van der Waals surface area contributed by atoms with Crippen molar-refractivity contribution in [3.8, 4) is 0 Å². The molecule has 1 saturated heterocycles. The van der Waals surface area contributed by atoms with E-state index in [9.17, 15) is 13.2 Å². The summed E-state index contributed by atoms with van der Waals surface area (Å²) in [6.45, 7) is 4.29. The van der Waals surface area contributed by atoms with Gasteiger partial charge in [0.2, 0.25) is 0 Å². The number of likely N-dealkylation sites (tertiary alicyclic amines) is 1. The zero-order chi connectivity index (χ0) is 19.9. The normalized spacial score (nSPS) is 17.9. The van der Waals surface area contributed by atoms with Gasteiger partial charge in [0.25, 0.3) is 10.0 Å². The smallest absolute Gasteiger partial charge is 0.310 e. The van der Waals surface area contributed by atoms with Gasteiger partial charge in [-0.15, -0.1) is 35.3 Å². The van der Waals surface area contributed by atoms with Gasteiger partial charge in [-0.25, -0.2) is 8.42 Å². The van der Waals surface area contributed by atoms with Crippen LogP contribution in [0.3, 0.4) is 0 Å². The van der Waals surface area contributed by atoms with Crippen LogP contribution in [0.1, 0.15) is 19.8 Å². The quantitative estimate of drug-likeness (QED) is 0.244. The van der Waals surface area contributed by atoms with E-state index >= 15 is 0 Å². The van der Waals surface area contributed by atoms with E-state index in [2.05, 4.69) is 10.3 Å². The number of guanidine groups is 1. The number of ether oxygens (including phenoxy) is 1. The molecule has 1 aromatic rings. The molecule has 11 heteroatoms. The average Bonchev–Trinajstić information content (AvgIpc) is 3.21. The summed E-state index contributed by atoms with van der Waals surface area (Å²) in [5.74, 6) is 0.351. The Labute approximate surface area is 188 Å². The van der Waals surface area contributed by atoms with Gasteiger partial charge in [0.05, 0.1) is 12.5 Å². The minimum Gasteiger partial charge on any atom is -0.466 e. The Bertz CT molecular complexity index is 740. The SMILES string of the molecule is CCOC(=O)[C@@H]1CCCN(C(=NC)NCCN(C)S(=O)(=O)c2cccs2)C1.I. The third-order valence-electron chi connectivity index (χ3n) is 4.42. The Morgan fingerprint density at radius 2 is 2.25 bits per heavy atom. The molecule has 0 amide bonds.